The lowest BCUT2D eigenvalue weighted by molar-refractivity contribution is 1.28. The van der Waals surface area contributed by atoms with Gasteiger partial charge in [-0.05, 0) is 24.6 Å². The molecule has 1 aromatic heterocycles. The summed E-state index contributed by atoms with van der Waals surface area (Å²) in [4.78, 5) is 5.79. The molecule has 0 unspecified atom stereocenters. The minimum atomic E-state index is 0.794. The highest BCUT2D eigenvalue weighted by atomic mass is 79.9. The van der Waals surface area contributed by atoms with Gasteiger partial charge in [0.15, 0.2) is 0 Å². The van der Waals surface area contributed by atoms with E-state index in [1.807, 2.05) is 42.5 Å². The number of benzene rings is 2. The highest BCUT2D eigenvalue weighted by Crippen LogP contribution is 2.30. The number of nitrogens with zero attached hydrogens (tertiary/aromatic N) is 2. The molecule has 22 heavy (non-hydrogen) atoms. The molecule has 0 radical (unpaired) electrons. The van der Waals surface area contributed by atoms with Crippen LogP contribution in [0.15, 0.2) is 64.2 Å². The predicted octanol–water partition coefficient (Wildman–Crippen LogP) is 5.33. The smallest absolute Gasteiger partial charge is 0.204 e. The summed E-state index contributed by atoms with van der Waals surface area (Å²) >= 11 is 5.05. The third-order valence-corrected chi connectivity index (χ3v) is 4.44. The van der Waals surface area contributed by atoms with E-state index in [4.69, 9.17) is 0 Å². The van der Waals surface area contributed by atoms with Crippen LogP contribution in [0.4, 0.5) is 5.13 Å². The van der Waals surface area contributed by atoms with Crippen LogP contribution >= 0.6 is 27.3 Å². The lowest BCUT2D eigenvalue weighted by atomic mass is 10.1. The Hall–Kier alpha value is -1.98. The number of anilines is 1. The van der Waals surface area contributed by atoms with Crippen LogP contribution in [-0.2, 0) is 0 Å². The van der Waals surface area contributed by atoms with Crippen LogP contribution in [0.2, 0.25) is 0 Å². The standard InChI is InChI=1S/C17H14BrN3S/c1-12-16(14-7-3-2-4-8-14)20-17(22-12)21-19-11-13-6-5-9-15(18)10-13/h2-11H,1H3,(H,20,21)/b19-11-. The van der Waals surface area contributed by atoms with Crippen LogP contribution in [0.3, 0.4) is 0 Å². The maximum absolute atomic E-state index is 4.61. The van der Waals surface area contributed by atoms with Gasteiger partial charge in [0.25, 0.3) is 0 Å². The lowest BCUT2D eigenvalue weighted by Gasteiger charge is -1.97. The molecule has 0 aliphatic carbocycles. The van der Waals surface area contributed by atoms with E-state index in [1.54, 1.807) is 17.6 Å². The molecule has 2 aromatic carbocycles. The van der Waals surface area contributed by atoms with Gasteiger partial charge in [-0.15, -0.1) is 11.3 Å². The van der Waals surface area contributed by atoms with E-state index in [9.17, 15) is 0 Å². The van der Waals surface area contributed by atoms with E-state index in [1.165, 1.54) is 4.88 Å². The van der Waals surface area contributed by atoms with Crippen molar-refractivity contribution in [1.82, 2.24) is 4.98 Å². The molecule has 1 N–H and O–H groups in total. The first-order valence-corrected chi connectivity index (χ1v) is 8.41. The predicted molar refractivity (Wildman–Crippen MR) is 97.6 cm³/mol. The summed E-state index contributed by atoms with van der Waals surface area (Å²) < 4.78 is 1.04. The number of halogens is 1. The van der Waals surface area contributed by atoms with E-state index in [2.05, 4.69) is 50.5 Å². The van der Waals surface area contributed by atoms with Crippen LogP contribution in [0.1, 0.15) is 10.4 Å². The Morgan fingerprint density at radius 1 is 1.14 bits per heavy atom. The molecule has 3 nitrogen and oxygen atoms in total. The van der Waals surface area contributed by atoms with Crippen molar-refractivity contribution in [3.8, 4) is 11.3 Å². The second kappa shape index (κ2) is 6.85. The van der Waals surface area contributed by atoms with E-state index < -0.39 is 0 Å². The summed E-state index contributed by atoms with van der Waals surface area (Å²) in [5, 5.41) is 5.05. The second-order valence-electron chi connectivity index (χ2n) is 4.71. The lowest BCUT2D eigenvalue weighted by Crippen LogP contribution is -1.90. The molecule has 0 spiro atoms. The number of aryl methyl sites for hydroxylation is 1. The molecule has 0 saturated heterocycles. The van der Waals surface area contributed by atoms with Crippen LogP contribution in [0, 0.1) is 6.92 Å². The molecule has 3 rings (SSSR count). The molecular formula is C17H14BrN3S. The third-order valence-electron chi connectivity index (χ3n) is 3.07. The Morgan fingerprint density at radius 3 is 2.73 bits per heavy atom. The van der Waals surface area contributed by atoms with E-state index in [0.29, 0.717) is 0 Å². The fourth-order valence-corrected chi connectivity index (χ4v) is 3.26. The van der Waals surface area contributed by atoms with Crippen LogP contribution < -0.4 is 5.43 Å². The number of hydrogen-bond donors (Lipinski definition) is 1. The summed E-state index contributed by atoms with van der Waals surface area (Å²) in [6.07, 6.45) is 1.78. The Kier molecular flexibility index (Phi) is 4.65. The zero-order valence-electron chi connectivity index (χ0n) is 12.0. The third kappa shape index (κ3) is 3.61. The van der Waals surface area contributed by atoms with Crippen molar-refractivity contribution in [2.45, 2.75) is 6.92 Å². The molecule has 0 bridgehead atoms. The van der Waals surface area contributed by atoms with Crippen molar-refractivity contribution < 1.29 is 0 Å². The van der Waals surface area contributed by atoms with Gasteiger partial charge in [-0.25, -0.2) is 4.98 Å². The first-order valence-electron chi connectivity index (χ1n) is 6.80. The van der Waals surface area contributed by atoms with Crippen molar-refractivity contribution >= 4 is 38.6 Å². The first kappa shape index (κ1) is 14.9. The monoisotopic (exact) mass is 371 g/mol. The minimum Gasteiger partial charge on any atom is -0.253 e. The molecule has 0 saturated carbocycles. The SMILES string of the molecule is Cc1sc(N/N=C\c2cccc(Br)c2)nc1-c1ccccc1. The molecule has 0 aliphatic rings. The zero-order valence-corrected chi connectivity index (χ0v) is 14.4. The quantitative estimate of drug-likeness (QED) is 0.497. The summed E-state index contributed by atoms with van der Waals surface area (Å²) in [6.45, 7) is 2.07. The normalized spacial score (nSPS) is 11.0. The Bertz CT molecular complexity index is 797. The zero-order chi connectivity index (χ0) is 15.4. The average Bonchev–Trinajstić information content (AvgIpc) is 2.89. The van der Waals surface area contributed by atoms with Crippen LogP contribution in [0.25, 0.3) is 11.3 Å². The first-order chi connectivity index (χ1) is 10.7. The van der Waals surface area contributed by atoms with Crippen LogP contribution in [-0.4, -0.2) is 11.2 Å². The number of hydrazone groups is 1. The van der Waals surface area contributed by atoms with Gasteiger partial charge in [0.2, 0.25) is 5.13 Å². The maximum atomic E-state index is 4.61. The fraction of sp³-hybridized carbons (Fsp3) is 0.0588. The van der Waals surface area contributed by atoms with Gasteiger partial charge in [0.1, 0.15) is 0 Å². The van der Waals surface area contributed by atoms with Gasteiger partial charge in [-0.3, -0.25) is 5.43 Å². The van der Waals surface area contributed by atoms with E-state index in [0.717, 1.165) is 26.4 Å². The summed E-state index contributed by atoms with van der Waals surface area (Å²) in [6, 6.07) is 18.2. The van der Waals surface area contributed by atoms with Gasteiger partial charge in [-0.1, -0.05) is 58.4 Å². The van der Waals surface area contributed by atoms with Gasteiger partial charge in [0, 0.05) is 14.9 Å². The average molecular weight is 372 g/mol. The van der Waals surface area contributed by atoms with Crippen molar-refractivity contribution in [2.24, 2.45) is 5.10 Å². The number of thiazole rings is 1. The minimum absolute atomic E-state index is 0.794. The van der Waals surface area contributed by atoms with Crippen molar-refractivity contribution in [1.29, 1.82) is 0 Å². The molecule has 1 heterocycles. The number of aromatic nitrogens is 1. The van der Waals surface area contributed by atoms with Gasteiger partial charge >= 0.3 is 0 Å². The number of hydrogen-bond acceptors (Lipinski definition) is 4. The number of rotatable bonds is 4. The van der Waals surface area contributed by atoms with Crippen molar-refractivity contribution in [3.05, 3.63) is 69.5 Å². The highest BCUT2D eigenvalue weighted by Gasteiger charge is 2.08. The van der Waals surface area contributed by atoms with Crippen LogP contribution in [0.5, 0.6) is 0 Å². The molecule has 0 amide bonds. The molecule has 0 aliphatic heterocycles. The Morgan fingerprint density at radius 2 is 1.95 bits per heavy atom. The van der Waals surface area contributed by atoms with E-state index >= 15 is 0 Å². The van der Waals surface area contributed by atoms with Crippen molar-refractivity contribution in [3.63, 3.8) is 0 Å². The van der Waals surface area contributed by atoms with Gasteiger partial charge in [0.05, 0.1) is 11.9 Å². The molecule has 110 valence electrons. The van der Waals surface area contributed by atoms with Gasteiger partial charge < -0.3 is 0 Å². The molecular weight excluding hydrogens is 358 g/mol. The fourth-order valence-electron chi connectivity index (χ4n) is 2.06. The Labute approximate surface area is 141 Å². The van der Waals surface area contributed by atoms with E-state index in [-0.39, 0.29) is 0 Å². The summed E-state index contributed by atoms with van der Waals surface area (Å²) in [5.74, 6) is 0. The van der Waals surface area contributed by atoms with Gasteiger partial charge in [-0.2, -0.15) is 5.10 Å². The largest absolute Gasteiger partial charge is 0.253 e. The highest BCUT2D eigenvalue weighted by molar-refractivity contribution is 9.10. The molecule has 0 atom stereocenters. The second-order valence-corrected chi connectivity index (χ2v) is 6.83. The molecule has 5 heteroatoms. The molecule has 0 fully saturated rings. The number of nitrogens with one attached hydrogen (secondary N) is 1. The summed E-state index contributed by atoms with van der Waals surface area (Å²) in [7, 11) is 0. The maximum Gasteiger partial charge on any atom is 0.204 e. The topological polar surface area (TPSA) is 37.3 Å². The summed E-state index contributed by atoms with van der Waals surface area (Å²) in [5.41, 5.74) is 6.16. The Balaban J connectivity index is 1.74. The van der Waals surface area contributed by atoms with Crippen molar-refractivity contribution in [2.75, 3.05) is 5.43 Å². The molecule has 3 aromatic rings.